The minimum Gasteiger partial charge on any atom is -0.353 e. The van der Waals surface area contributed by atoms with Gasteiger partial charge in [-0.25, -0.2) is 0 Å². The smallest absolute Gasteiger partial charge is 0.137 e. The summed E-state index contributed by atoms with van der Waals surface area (Å²) in [6.07, 6.45) is 1.76. The SMILES string of the molecule is CCN(C)C1OC1CCN. The van der Waals surface area contributed by atoms with Crippen molar-refractivity contribution in [2.24, 2.45) is 5.73 Å². The van der Waals surface area contributed by atoms with E-state index in [9.17, 15) is 0 Å². The van der Waals surface area contributed by atoms with Crippen LogP contribution < -0.4 is 5.73 Å². The molecule has 1 fully saturated rings. The second-order valence-corrected chi connectivity index (χ2v) is 2.72. The zero-order valence-electron chi connectivity index (χ0n) is 6.71. The quantitative estimate of drug-likeness (QED) is 0.565. The van der Waals surface area contributed by atoms with Crippen LogP contribution in [-0.2, 0) is 4.74 Å². The first-order valence-electron chi connectivity index (χ1n) is 3.85. The molecule has 0 bridgehead atoms. The van der Waals surface area contributed by atoms with Crippen LogP contribution in [0, 0.1) is 0 Å². The highest BCUT2D eigenvalue weighted by Gasteiger charge is 2.40. The van der Waals surface area contributed by atoms with Crippen LogP contribution in [0.3, 0.4) is 0 Å². The Kier molecular flexibility index (Phi) is 2.65. The van der Waals surface area contributed by atoms with Crippen molar-refractivity contribution in [3.05, 3.63) is 0 Å². The zero-order valence-corrected chi connectivity index (χ0v) is 6.71. The molecule has 0 aromatic heterocycles. The third-order valence-corrected chi connectivity index (χ3v) is 1.94. The van der Waals surface area contributed by atoms with Crippen LogP contribution in [0.1, 0.15) is 13.3 Å². The molecule has 0 aromatic carbocycles. The highest BCUT2D eigenvalue weighted by molar-refractivity contribution is 4.83. The van der Waals surface area contributed by atoms with Gasteiger partial charge in [0.05, 0.1) is 0 Å². The summed E-state index contributed by atoms with van der Waals surface area (Å²) in [6, 6.07) is 0. The van der Waals surface area contributed by atoms with Crippen molar-refractivity contribution in [1.82, 2.24) is 4.90 Å². The number of nitrogens with zero attached hydrogens (tertiary/aromatic N) is 1. The van der Waals surface area contributed by atoms with Crippen LogP contribution in [-0.4, -0.2) is 37.4 Å². The molecule has 3 nitrogen and oxygen atoms in total. The summed E-state index contributed by atoms with van der Waals surface area (Å²) in [4.78, 5) is 2.19. The van der Waals surface area contributed by atoms with Crippen LogP contribution in [0.25, 0.3) is 0 Å². The fourth-order valence-electron chi connectivity index (χ4n) is 1.08. The minimum absolute atomic E-state index is 0.355. The third-order valence-electron chi connectivity index (χ3n) is 1.94. The van der Waals surface area contributed by atoms with Gasteiger partial charge in [0, 0.05) is 0 Å². The van der Waals surface area contributed by atoms with E-state index in [1.807, 2.05) is 0 Å². The van der Waals surface area contributed by atoms with Gasteiger partial charge in [-0.05, 0) is 26.6 Å². The van der Waals surface area contributed by atoms with Gasteiger partial charge < -0.3 is 10.5 Å². The predicted molar refractivity (Wildman–Crippen MR) is 40.6 cm³/mol. The van der Waals surface area contributed by atoms with E-state index >= 15 is 0 Å². The molecule has 1 rings (SSSR count). The lowest BCUT2D eigenvalue weighted by Gasteiger charge is -2.08. The van der Waals surface area contributed by atoms with Gasteiger partial charge in [0.25, 0.3) is 0 Å². The summed E-state index contributed by atoms with van der Waals surface area (Å²) in [6.45, 7) is 3.91. The van der Waals surface area contributed by atoms with Crippen molar-refractivity contribution in [3.63, 3.8) is 0 Å². The molecular formula is C7H16N2O. The monoisotopic (exact) mass is 144 g/mol. The highest BCUT2D eigenvalue weighted by atomic mass is 16.6. The second kappa shape index (κ2) is 3.32. The van der Waals surface area contributed by atoms with E-state index < -0.39 is 0 Å². The molecular weight excluding hydrogens is 128 g/mol. The van der Waals surface area contributed by atoms with Gasteiger partial charge in [-0.2, -0.15) is 0 Å². The molecule has 0 saturated carbocycles. The molecule has 1 saturated heterocycles. The summed E-state index contributed by atoms with van der Waals surface area (Å²) in [5.74, 6) is 0. The van der Waals surface area contributed by atoms with E-state index in [0.717, 1.165) is 19.5 Å². The number of hydrogen-bond acceptors (Lipinski definition) is 3. The topological polar surface area (TPSA) is 41.8 Å². The van der Waals surface area contributed by atoms with Crippen molar-refractivity contribution in [2.45, 2.75) is 25.7 Å². The van der Waals surface area contributed by atoms with Gasteiger partial charge in [-0.1, -0.05) is 6.92 Å². The average Bonchev–Trinajstić information content (AvgIpc) is 2.67. The largest absolute Gasteiger partial charge is 0.353 e. The fourth-order valence-corrected chi connectivity index (χ4v) is 1.08. The van der Waals surface area contributed by atoms with Crippen molar-refractivity contribution in [1.29, 1.82) is 0 Å². The Morgan fingerprint density at radius 3 is 2.80 bits per heavy atom. The Bertz CT molecular complexity index is 108. The summed E-state index contributed by atoms with van der Waals surface area (Å²) in [5, 5.41) is 0. The molecule has 2 N–H and O–H groups in total. The Morgan fingerprint density at radius 2 is 2.30 bits per heavy atom. The molecule has 60 valence electrons. The molecule has 1 aliphatic heterocycles. The van der Waals surface area contributed by atoms with E-state index in [1.165, 1.54) is 0 Å². The number of rotatable bonds is 4. The van der Waals surface area contributed by atoms with Gasteiger partial charge in [-0.3, -0.25) is 4.90 Å². The van der Waals surface area contributed by atoms with E-state index in [-0.39, 0.29) is 0 Å². The van der Waals surface area contributed by atoms with E-state index in [4.69, 9.17) is 10.5 Å². The molecule has 0 aromatic rings. The molecule has 2 atom stereocenters. The second-order valence-electron chi connectivity index (χ2n) is 2.72. The van der Waals surface area contributed by atoms with E-state index in [1.54, 1.807) is 0 Å². The standard InChI is InChI=1S/C7H16N2O/c1-3-9(2)7-6(10-7)4-5-8/h6-7H,3-5,8H2,1-2H3. The summed E-state index contributed by atoms with van der Waals surface area (Å²) in [7, 11) is 2.07. The summed E-state index contributed by atoms with van der Waals surface area (Å²) >= 11 is 0. The molecule has 1 aliphatic rings. The normalized spacial score (nSPS) is 31.2. The van der Waals surface area contributed by atoms with Crippen molar-refractivity contribution >= 4 is 0 Å². The molecule has 0 amide bonds. The van der Waals surface area contributed by atoms with Crippen molar-refractivity contribution in [3.8, 4) is 0 Å². The van der Waals surface area contributed by atoms with Crippen molar-refractivity contribution in [2.75, 3.05) is 20.1 Å². The van der Waals surface area contributed by atoms with Crippen LogP contribution >= 0.6 is 0 Å². The average molecular weight is 144 g/mol. The van der Waals surface area contributed by atoms with Crippen LogP contribution in [0.15, 0.2) is 0 Å². The van der Waals surface area contributed by atoms with Gasteiger partial charge in [0.15, 0.2) is 0 Å². The maximum atomic E-state index is 5.37. The molecule has 2 unspecified atom stereocenters. The lowest BCUT2D eigenvalue weighted by molar-refractivity contribution is 0.218. The fraction of sp³-hybridized carbons (Fsp3) is 1.00. The molecule has 0 spiro atoms. The molecule has 0 radical (unpaired) electrons. The van der Waals surface area contributed by atoms with Crippen molar-refractivity contribution < 1.29 is 4.74 Å². The minimum atomic E-state index is 0.355. The number of hydrogen-bond donors (Lipinski definition) is 1. The number of ether oxygens (including phenoxy) is 1. The third kappa shape index (κ3) is 1.68. The summed E-state index contributed by atoms with van der Waals surface area (Å²) < 4.78 is 5.36. The van der Waals surface area contributed by atoms with Gasteiger partial charge >= 0.3 is 0 Å². The Morgan fingerprint density at radius 1 is 1.60 bits per heavy atom. The molecule has 10 heavy (non-hydrogen) atoms. The first kappa shape index (κ1) is 7.98. The lowest BCUT2D eigenvalue weighted by Crippen LogP contribution is -2.23. The maximum Gasteiger partial charge on any atom is 0.137 e. The molecule has 3 heteroatoms. The number of epoxide rings is 1. The van der Waals surface area contributed by atoms with Crippen LogP contribution in [0.5, 0.6) is 0 Å². The molecule has 1 heterocycles. The molecule has 0 aliphatic carbocycles. The summed E-state index contributed by atoms with van der Waals surface area (Å²) in [5.41, 5.74) is 5.37. The Hall–Kier alpha value is -0.120. The van der Waals surface area contributed by atoms with Gasteiger partial charge in [0.2, 0.25) is 0 Å². The maximum absolute atomic E-state index is 5.37. The van der Waals surface area contributed by atoms with E-state index in [2.05, 4.69) is 18.9 Å². The van der Waals surface area contributed by atoms with Gasteiger partial charge in [-0.15, -0.1) is 0 Å². The number of nitrogens with two attached hydrogens (primary N) is 1. The predicted octanol–water partition coefficient (Wildman–Crippen LogP) is 0.0118. The zero-order chi connectivity index (χ0) is 7.56. The van der Waals surface area contributed by atoms with Crippen LogP contribution in [0.2, 0.25) is 0 Å². The van der Waals surface area contributed by atoms with Gasteiger partial charge in [0.1, 0.15) is 12.3 Å². The van der Waals surface area contributed by atoms with Crippen LogP contribution in [0.4, 0.5) is 0 Å². The Balaban J connectivity index is 2.12. The first-order chi connectivity index (χ1) is 4.79. The lowest BCUT2D eigenvalue weighted by atomic mass is 10.3. The van der Waals surface area contributed by atoms with E-state index in [0.29, 0.717) is 12.3 Å². The highest BCUT2D eigenvalue weighted by Crippen LogP contribution is 2.26. The Labute approximate surface area is 62.1 Å². The number of likely N-dealkylation sites (N-methyl/N-ethyl adjacent to an activating group) is 1. The first-order valence-corrected chi connectivity index (χ1v) is 3.85.